The van der Waals surface area contributed by atoms with Gasteiger partial charge >= 0.3 is 0 Å². The Hall–Kier alpha value is -0.270. The van der Waals surface area contributed by atoms with Crippen molar-refractivity contribution in [2.24, 2.45) is 5.92 Å². The highest BCUT2D eigenvalue weighted by molar-refractivity contribution is 6.19. The van der Waals surface area contributed by atoms with Crippen molar-refractivity contribution < 1.29 is 5.11 Å². The highest BCUT2D eigenvalue weighted by Gasteiger charge is 2.19. The second kappa shape index (κ2) is 5.46. The number of aliphatic hydroxyl groups is 1. The van der Waals surface area contributed by atoms with Crippen LogP contribution in [0.3, 0.4) is 0 Å². The summed E-state index contributed by atoms with van der Waals surface area (Å²) in [4.78, 5) is 0. The van der Waals surface area contributed by atoms with E-state index < -0.39 is 0 Å². The number of halogens is 1. The topological polar surface area (TPSA) is 20.2 Å². The predicted octanol–water partition coefficient (Wildman–Crippen LogP) is 2.89. The Kier molecular flexibility index (Phi) is 4.54. The van der Waals surface area contributed by atoms with Crippen LogP contribution in [-0.4, -0.2) is 17.1 Å². The molecule has 0 aromatic rings. The van der Waals surface area contributed by atoms with Crippen LogP contribution < -0.4 is 0 Å². The molecule has 1 aliphatic rings. The average Bonchev–Trinajstić information content (AvgIpc) is 2.19. The molecule has 0 bridgehead atoms. The van der Waals surface area contributed by atoms with Crippen molar-refractivity contribution in [2.45, 2.75) is 31.8 Å². The largest absolute Gasteiger partial charge is 0.392 e. The minimum Gasteiger partial charge on any atom is -0.392 e. The highest BCUT2D eigenvalue weighted by atomic mass is 35.5. The second-order valence-corrected chi connectivity index (χ2v) is 3.97. The van der Waals surface area contributed by atoms with E-state index in [1.54, 1.807) is 0 Å². The van der Waals surface area contributed by atoms with Gasteiger partial charge in [0.15, 0.2) is 0 Å². The third kappa shape index (κ3) is 3.53. The summed E-state index contributed by atoms with van der Waals surface area (Å²) in [6.45, 7) is 3.80. The molecule has 2 atom stereocenters. The Morgan fingerprint density at radius 3 is 2.92 bits per heavy atom. The number of hydrogen-bond donors (Lipinski definition) is 1. The molecule has 13 heavy (non-hydrogen) atoms. The molecule has 2 heteroatoms. The van der Waals surface area contributed by atoms with Crippen molar-refractivity contribution in [1.82, 2.24) is 0 Å². The first-order valence-electron chi connectivity index (χ1n) is 4.79. The summed E-state index contributed by atoms with van der Waals surface area (Å²) in [6, 6.07) is 0. The lowest BCUT2D eigenvalue weighted by Crippen LogP contribution is -2.22. The third-order valence-electron chi connectivity index (χ3n) is 2.54. The fourth-order valence-electron chi connectivity index (χ4n) is 1.68. The van der Waals surface area contributed by atoms with Gasteiger partial charge in [-0.25, -0.2) is 0 Å². The van der Waals surface area contributed by atoms with Crippen LogP contribution in [0.25, 0.3) is 0 Å². The van der Waals surface area contributed by atoms with Crippen LogP contribution in [0.2, 0.25) is 0 Å². The maximum Gasteiger partial charge on any atom is 0.0608 e. The number of allylic oxidation sites excluding steroid dienone is 2. The van der Waals surface area contributed by atoms with Crippen molar-refractivity contribution in [3.8, 4) is 0 Å². The van der Waals surface area contributed by atoms with Crippen molar-refractivity contribution in [3.05, 3.63) is 24.3 Å². The molecule has 2 unspecified atom stereocenters. The molecule has 0 spiro atoms. The number of rotatable bonds is 4. The standard InChI is InChI=1S/C11H17ClO/c1-9(8-12)7-11(13)10-5-3-2-4-6-10/h2-3,10-11,13H,1,4-8H2. The lowest BCUT2D eigenvalue weighted by atomic mass is 9.87. The van der Waals surface area contributed by atoms with Crippen molar-refractivity contribution >= 4 is 11.6 Å². The van der Waals surface area contributed by atoms with Crippen LogP contribution in [0.5, 0.6) is 0 Å². The first-order chi connectivity index (χ1) is 6.24. The van der Waals surface area contributed by atoms with Gasteiger partial charge in [-0.05, 0) is 31.6 Å². The molecular weight excluding hydrogens is 184 g/mol. The van der Waals surface area contributed by atoms with Crippen LogP contribution in [0.15, 0.2) is 24.3 Å². The molecule has 0 aliphatic heterocycles. The van der Waals surface area contributed by atoms with Crippen molar-refractivity contribution in [3.63, 3.8) is 0 Å². The molecule has 1 N–H and O–H groups in total. The smallest absolute Gasteiger partial charge is 0.0608 e. The van der Waals surface area contributed by atoms with E-state index in [2.05, 4.69) is 18.7 Å². The van der Waals surface area contributed by atoms with Gasteiger partial charge in [-0.1, -0.05) is 24.3 Å². The average molecular weight is 201 g/mol. The first-order valence-corrected chi connectivity index (χ1v) is 5.33. The van der Waals surface area contributed by atoms with Gasteiger partial charge in [-0.15, -0.1) is 11.6 Å². The Bertz CT molecular complexity index is 198. The van der Waals surface area contributed by atoms with E-state index in [1.807, 2.05) is 0 Å². The van der Waals surface area contributed by atoms with E-state index in [1.165, 1.54) is 0 Å². The predicted molar refractivity (Wildman–Crippen MR) is 57.0 cm³/mol. The molecule has 1 aliphatic carbocycles. The van der Waals surface area contributed by atoms with Gasteiger partial charge in [0.2, 0.25) is 0 Å². The maximum atomic E-state index is 9.82. The molecule has 0 saturated carbocycles. The maximum absolute atomic E-state index is 9.82. The van der Waals surface area contributed by atoms with E-state index in [9.17, 15) is 5.11 Å². The van der Waals surface area contributed by atoms with Crippen LogP contribution >= 0.6 is 11.6 Å². The van der Waals surface area contributed by atoms with Crippen molar-refractivity contribution in [1.29, 1.82) is 0 Å². The minimum absolute atomic E-state index is 0.254. The first kappa shape index (κ1) is 10.8. The van der Waals surface area contributed by atoms with Crippen molar-refractivity contribution in [2.75, 3.05) is 5.88 Å². The summed E-state index contributed by atoms with van der Waals surface area (Å²) in [5, 5.41) is 9.82. The van der Waals surface area contributed by atoms with Crippen LogP contribution in [0.4, 0.5) is 0 Å². The van der Waals surface area contributed by atoms with Gasteiger partial charge in [0.05, 0.1) is 6.10 Å². The normalized spacial score (nSPS) is 24.3. The monoisotopic (exact) mass is 200 g/mol. The Morgan fingerprint density at radius 2 is 2.38 bits per heavy atom. The summed E-state index contributed by atoms with van der Waals surface area (Å²) < 4.78 is 0. The zero-order chi connectivity index (χ0) is 9.68. The molecular formula is C11H17ClO. The highest BCUT2D eigenvalue weighted by Crippen LogP contribution is 2.25. The molecule has 0 saturated heterocycles. The van der Waals surface area contributed by atoms with Crippen LogP contribution in [0, 0.1) is 5.92 Å². The summed E-state index contributed by atoms with van der Waals surface area (Å²) in [5.74, 6) is 0.865. The van der Waals surface area contributed by atoms with Gasteiger partial charge in [0.25, 0.3) is 0 Å². The Morgan fingerprint density at radius 1 is 1.62 bits per heavy atom. The lowest BCUT2D eigenvalue weighted by molar-refractivity contribution is 0.102. The molecule has 0 amide bonds. The number of hydrogen-bond acceptors (Lipinski definition) is 1. The Balaban J connectivity index is 2.33. The molecule has 0 fully saturated rings. The molecule has 0 radical (unpaired) electrons. The summed E-state index contributed by atoms with van der Waals surface area (Å²) in [5.41, 5.74) is 0.934. The zero-order valence-electron chi connectivity index (χ0n) is 7.88. The van der Waals surface area contributed by atoms with E-state index in [-0.39, 0.29) is 6.10 Å². The summed E-state index contributed by atoms with van der Waals surface area (Å²) >= 11 is 5.61. The second-order valence-electron chi connectivity index (χ2n) is 3.70. The fourth-order valence-corrected chi connectivity index (χ4v) is 1.79. The molecule has 0 aromatic carbocycles. The van der Waals surface area contributed by atoms with E-state index >= 15 is 0 Å². The number of alkyl halides is 1. The SMILES string of the molecule is C=C(CCl)CC(O)C1CC=CCC1. The van der Waals surface area contributed by atoms with E-state index in [0.29, 0.717) is 18.2 Å². The summed E-state index contributed by atoms with van der Waals surface area (Å²) in [6.07, 6.45) is 7.91. The van der Waals surface area contributed by atoms with Crippen LogP contribution in [-0.2, 0) is 0 Å². The number of aliphatic hydroxyl groups excluding tert-OH is 1. The molecule has 1 nitrogen and oxygen atoms in total. The van der Waals surface area contributed by atoms with Gasteiger partial charge < -0.3 is 5.11 Å². The minimum atomic E-state index is -0.254. The quantitative estimate of drug-likeness (QED) is 0.547. The van der Waals surface area contributed by atoms with E-state index in [4.69, 9.17) is 11.6 Å². The van der Waals surface area contributed by atoms with Gasteiger partial charge in [0, 0.05) is 5.88 Å². The zero-order valence-corrected chi connectivity index (χ0v) is 8.63. The molecule has 0 heterocycles. The van der Waals surface area contributed by atoms with Crippen LogP contribution in [0.1, 0.15) is 25.7 Å². The lowest BCUT2D eigenvalue weighted by Gasteiger charge is -2.23. The molecule has 74 valence electrons. The van der Waals surface area contributed by atoms with Gasteiger partial charge in [-0.2, -0.15) is 0 Å². The fraction of sp³-hybridized carbons (Fsp3) is 0.636. The Labute approximate surface area is 85.1 Å². The third-order valence-corrected chi connectivity index (χ3v) is 2.92. The van der Waals surface area contributed by atoms with Gasteiger partial charge in [0.1, 0.15) is 0 Å². The molecule has 0 aromatic heterocycles. The summed E-state index contributed by atoms with van der Waals surface area (Å²) in [7, 11) is 0. The van der Waals surface area contributed by atoms with Gasteiger partial charge in [-0.3, -0.25) is 0 Å². The molecule has 1 rings (SSSR count). The van der Waals surface area contributed by atoms with E-state index in [0.717, 1.165) is 24.8 Å².